The molecule has 0 spiro atoms. The number of benzene rings is 2. The van der Waals surface area contributed by atoms with E-state index in [9.17, 15) is 9.18 Å². The fraction of sp³-hybridized carbons (Fsp3) is 0.481. The predicted molar refractivity (Wildman–Crippen MR) is 131 cm³/mol. The lowest BCUT2D eigenvalue weighted by atomic mass is 10.1. The quantitative estimate of drug-likeness (QED) is 0.486. The smallest absolute Gasteiger partial charge is 0.222 e. The molecule has 0 aliphatic carbocycles. The van der Waals surface area contributed by atoms with Gasteiger partial charge in [-0.05, 0) is 67.3 Å². The number of amides is 1. The maximum atomic E-state index is 12.6. The Kier molecular flexibility index (Phi) is 12.7. The van der Waals surface area contributed by atoms with Gasteiger partial charge in [-0.25, -0.2) is 4.39 Å². The molecule has 0 bridgehead atoms. The van der Waals surface area contributed by atoms with Crippen LogP contribution in [-0.4, -0.2) is 23.9 Å². The molecule has 0 aromatic heterocycles. The fourth-order valence-electron chi connectivity index (χ4n) is 3.23. The minimum Gasteiger partial charge on any atom is -0.342 e. The maximum Gasteiger partial charge on any atom is 0.222 e. The van der Waals surface area contributed by atoms with Crippen molar-refractivity contribution in [2.45, 2.75) is 60.3 Å². The van der Waals surface area contributed by atoms with E-state index in [4.69, 9.17) is 16.9 Å². The normalized spacial score (nSPS) is 14.7. The van der Waals surface area contributed by atoms with Crippen molar-refractivity contribution in [3.05, 3.63) is 70.0 Å². The first-order valence-electron chi connectivity index (χ1n) is 11.3. The molecular weight excluding hydrogens is 423 g/mol. The molecule has 0 radical (unpaired) electrons. The molecule has 174 valence electrons. The zero-order valence-corrected chi connectivity index (χ0v) is 20.8. The van der Waals surface area contributed by atoms with Crippen LogP contribution in [0.4, 0.5) is 4.39 Å². The largest absolute Gasteiger partial charge is 0.342 e. The van der Waals surface area contributed by atoms with Crippen LogP contribution in [0.2, 0.25) is 5.02 Å². The number of halogens is 2. The van der Waals surface area contributed by atoms with Gasteiger partial charge in [0, 0.05) is 19.5 Å². The summed E-state index contributed by atoms with van der Waals surface area (Å²) < 4.78 is 12.6. The van der Waals surface area contributed by atoms with E-state index < -0.39 is 0 Å². The number of nitrogens with zero attached hydrogens (tertiary/aromatic N) is 2. The first-order chi connectivity index (χ1) is 15.2. The van der Waals surface area contributed by atoms with Gasteiger partial charge < -0.3 is 4.90 Å². The molecule has 3 rings (SSSR count). The Hall–Kier alpha value is -2.38. The number of hydrogen-bond acceptors (Lipinski definition) is 2. The Morgan fingerprint density at radius 3 is 2.44 bits per heavy atom. The van der Waals surface area contributed by atoms with E-state index in [0.29, 0.717) is 28.3 Å². The lowest BCUT2D eigenvalue weighted by Gasteiger charge is -2.16. The van der Waals surface area contributed by atoms with Crippen molar-refractivity contribution in [2.75, 3.05) is 13.1 Å². The molecule has 1 atom stereocenters. The molecule has 2 aromatic carbocycles. The molecular formula is C27H36ClFN2O. The molecule has 5 heteroatoms. The molecule has 1 fully saturated rings. The van der Waals surface area contributed by atoms with Crippen LogP contribution in [0, 0.1) is 35.9 Å². The molecule has 1 amide bonds. The van der Waals surface area contributed by atoms with Crippen molar-refractivity contribution in [3.8, 4) is 6.07 Å². The van der Waals surface area contributed by atoms with Crippen molar-refractivity contribution in [1.82, 2.24) is 4.90 Å². The number of carbonyl (C=O) groups is 1. The highest BCUT2D eigenvalue weighted by Gasteiger charge is 2.22. The summed E-state index contributed by atoms with van der Waals surface area (Å²) in [5, 5.41) is 9.00. The first kappa shape index (κ1) is 27.7. The van der Waals surface area contributed by atoms with Gasteiger partial charge in [0.05, 0.1) is 10.6 Å². The third-order valence-corrected chi connectivity index (χ3v) is 5.61. The Bertz CT molecular complexity index is 891. The van der Waals surface area contributed by atoms with Gasteiger partial charge in [-0.2, -0.15) is 5.26 Å². The molecule has 32 heavy (non-hydrogen) atoms. The van der Waals surface area contributed by atoms with Crippen LogP contribution in [0.3, 0.4) is 0 Å². The molecule has 0 N–H and O–H groups in total. The number of rotatable bonds is 4. The molecule has 1 heterocycles. The number of nitriles is 1. The van der Waals surface area contributed by atoms with Crippen molar-refractivity contribution < 1.29 is 9.18 Å². The summed E-state index contributed by atoms with van der Waals surface area (Å²) in [5.41, 5.74) is 2.40. The topological polar surface area (TPSA) is 44.1 Å². The van der Waals surface area contributed by atoms with Gasteiger partial charge in [0.25, 0.3) is 0 Å². The van der Waals surface area contributed by atoms with E-state index in [2.05, 4.69) is 20.8 Å². The van der Waals surface area contributed by atoms with Gasteiger partial charge in [-0.1, -0.05) is 63.6 Å². The summed E-state index contributed by atoms with van der Waals surface area (Å²) in [7, 11) is 0. The molecule has 1 aliphatic heterocycles. The lowest BCUT2D eigenvalue weighted by Crippen LogP contribution is -2.28. The fourth-order valence-corrected chi connectivity index (χ4v) is 3.51. The maximum absolute atomic E-state index is 12.6. The van der Waals surface area contributed by atoms with Crippen LogP contribution in [-0.2, 0) is 11.2 Å². The molecule has 1 saturated heterocycles. The Morgan fingerprint density at radius 1 is 1.28 bits per heavy atom. The predicted octanol–water partition coefficient (Wildman–Crippen LogP) is 7.20. The Morgan fingerprint density at radius 2 is 1.97 bits per heavy atom. The zero-order chi connectivity index (χ0) is 24.1. The average Bonchev–Trinajstić information content (AvgIpc) is 3.20. The molecule has 0 saturated carbocycles. The van der Waals surface area contributed by atoms with Crippen LogP contribution in [0.5, 0.6) is 0 Å². The van der Waals surface area contributed by atoms with Crippen LogP contribution >= 0.6 is 11.6 Å². The first-order valence-corrected chi connectivity index (χ1v) is 11.7. The Balaban J connectivity index is 0.000000245. The Labute approximate surface area is 198 Å². The SMILES string of the molecule is CC(C)CCC(=O)N1CCC(C)C1.CCc1ccccc1F.Cc1ccc(C#N)c(Cl)c1. The summed E-state index contributed by atoms with van der Waals surface area (Å²) in [4.78, 5) is 13.6. The number of carbonyl (C=O) groups excluding carboxylic acids is 1. The second-order valence-electron chi connectivity index (χ2n) is 8.71. The van der Waals surface area contributed by atoms with Gasteiger partial charge in [0.1, 0.15) is 11.9 Å². The van der Waals surface area contributed by atoms with Gasteiger partial charge in [0.15, 0.2) is 0 Å². The van der Waals surface area contributed by atoms with Crippen molar-refractivity contribution >= 4 is 17.5 Å². The van der Waals surface area contributed by atoms with E-state index in [1.54, 1.807) is 24.3 Å². The van der Waals surface area contributed by atoms with Gasteiger partial charge >= 0.3 is 0 Å². The molecule has 2 aromatic rings. The van der Waals surface area contributed by atoms with Gasteiger partial charge in [-0.15, -0.1) is 0 Å². The van der Waals surface area contributed by atoms with E-state index in [0.717, 1.165) is 43.5 Å². The second-order valence-corrected chi connectivity index (χ2v) is 9.11. The summed E-state index contributed by atoms with van der Waals surface area (Å²) >= 11 is 5.71. The number of aryl methyl sites for hydroxylation is 2. The minimum absolute atomic E-state index is 0.0972. The third-order valence-electron chi connectivity index (χ3n) is 5.30. The standard InChI is InChI=1S/C11H21NO.C8H6ClN.C8H9F/c1-9(2)4-5-11(13)12-7-6-10(3)8-12;1-6-2-3-7(5-10)8(9)4-6;1-2-7-5-3-4-6-8(7)9/h9-10H,4-8H2,1-3H3;2-4H,1H3;3-6H,2H2,1H3. The van der Waals surface area contributed by atoms with Crippen LogP contribution in [0.25, 0.3) is 0 Å². The van der Waals surface area contributed by atoms with Gasteiger partial charge in [-0.3, -0.25) is 4.79 Å². The second kappa shape index (κ2) is 14.6. The molecule has 1 aliphatic rings. The minimum atomic E-state index is -0.0972. The third kappa shape index (κ3) is 10.3. The molecule has 1 unspecified atom stereocenters. The van der Waals surface area contributed by atoms with E-state index in [-0.39, 0.29) is 5.82 Å². The summed E-state index contributed by atoms with van der Waals surface area (Å²) in [6.45, 7) is 12.4. The monoisotopic (exact) mass is 458 g/mol. The molecule has 3 nitrogen and oxygen atoms in total. The van der Waals surface area contributed by atoms with E-state index >= 15 is 0 Å². The summed E-state index contributed by atoms with van der Waals surface area (Å²) in [5.74, 6) is 1.62. The van der Waals surface area contributed by atoms with E-state index in [1.807, 2.05) is 36.9 Å². The van der Waals surface area contributed by atoms with Crippen molar-refractivity contribution in [2.24, 2.45) is 11.8 Å². The highest BCUT2D eigenvalue weighted by atomic mass is 35.5. The lowest BCUT2D eigenvalue weighted by molar-refractivity contribution is -0.130. The highest BCUT2D eigenvalue weighted by Crippen LogP contribution is 2.17. The average molecular weight is 459 g/mol. The number of likely N-dealkylation sites (tertiary alicyclic amines) is 1. The van der Waals surface area contributed by atoms with Crippen molar-refractivity contribution in [3.63, 3.8) is 0 Å². The number of hydrogen-bond donors (Lipinski definition) is 0. The van der Waals surface area contributed by atoms with E-state index in [1.165, 1.54) is 12.5 Å². The van der Waals surface area contributed by atoms with Crippen molar-refractivity contribution in [1.29, 1.82) is 5.26 Å². The summed E-state index contributed by atoms with van der Waals surface area (Å²) in [6, 6.07) is 14.2. The zero-order valence-electron chi connectivity index (χ0n) is 20.0. The van der Waals surface area contributed by atoms with Gasteiger partial charge in [0.2, 0.25) is 5.91 Å². The van der Waals surface area contributed by atoms with Crippen LogP contribution in [0.15, 0.2) is 42.5 Å². The highest BCUT2D eigenvalue weighted by molar-refractivity contribution is 6.31. The summed E-state index contributed by atoms with van der Waals surface area (Å²) in [6.07, 6.45) is 3.73. The van der Waals surface area contributed by atoms with Crippen LogP contribution in [0.1, 0.15) is 63.6 Å². The van der Waals surface area contributed by atoms with Crippen LogP contribution < -0.4 is 0 Å².